The van der Waals surface area contributed by atoms with Crippen LogP contribution >= 0.6 is 0 Å². The third-order valence-electron chi connectivity index (χ3n) is 1.72. The molecule has 0 heterocycles. The van der Waals surface area contributed by atoms with Crippen LogP contribution in [0.25, 0.3) is 0 Å². The maximum absolute atomic E-state index is 5.90. The first-order valence-corrected chi connectivity index (χ1v) is 5.49. The molecule has 1 unspecified atom stereocenters. The van der Waals surface area contributed by atoms with Crippen molar-refractivity contribution in [3.8, 4) is 0 Å². The minimum atomic E-state index is -0.143. The summed E-state index contributed by atoms with van der Waals surface area (Å²) in [6, 6.07) is 0. The van der Waals surface area contributed by atoms with Crippen LogP contribution in [0.5, 0.6) is 0 Å². The fraction of sp³-hybridized carbons (Fsp3) is 1.00. The van der Waals surface area contributed by atoms with E-state index in [2.05, 4.69) is 41.5 Å². The third-order valence-corrected chi connectivity index (χ3v) is 1.72. The highest BCUT2D eigenvalue weighted by atomic mass is 16.6. The van der Waals surface area contributed by atoms with Gasteiger partial charge in [-0.2, -0.15) is 0 Å². The van der Waals surface area contributed by atoms with E-state index >= 15 is 0 Å². The van der Waals surface area contributed by atoms with Gasteiger partial charge in [0.15, 0.2) is 0 Å². The minimum absolute atomic E-state index is 0.00391. The van der Waals surface area contributed by atoms with Crippen molar-refractivity contribution in [3.05, 3.63) is 0 Å². The molecule has 0 spiro atoms. The van der Waals surface area contributed by atoms with Gasteiger partial charge in [0.05, 0.1) is 17.8 Å². The van der Waals surface area contributed by atoms with Gasteiger partial charge >= 0.3 is 0 Å². The molecule has 0 aromatic heterocycles. The van der Waals surface area contributed by atoms with Crippen LogP contribution in [0, 0.1) is 0 Å². The van der Waals surface area contributed by atoms with E-state index < -0.39 is 0 Å². The summed E-state index contributed by atoms with van der Waals surface area (Å²) < 4.78 is 11.6. The molecule has 0 aliphatic rings. The van der Waals surface area contributed by atoms with Crippen molar-refractivity contribution in [1.82, 2.24) is 4.90 Å². The maximum atomic E-state index is 5.90. The molecule has 0 aromatic carbocycles. The smallest absolute Gasteiger partial charge is 0.134 e. The molecule has 0 bridgehead atoms. The number of likely N-dealkylation sites (N-methyl/N-ethyl adjacent to an activating group) is 1. The zero-order valence-electron chi connectivity index (χ0n) is 11.5. The van der Waals surface area contributed by atoms with Gasteiger partial charge in [0.2, 0.25) is 0 Å². The summed E-state index contributed by atoms with van der Waals surface area (Å²) in [4.78, 5) is 2.04. The molecule has 92 valence electrons. The second-order valence-electron chi connectivity index (χ2n) is 6.07. The molecule has 3 heteroatoms. The van der Waals surface area contributed by atoms with Crippen LogP contribution in [0.3, 0.4) is 0 Å². The lowest BCUT2D eigenvalue weighted by atomic mass is 10.2. The van der Waals surface area contributed by atoms with Crippen LogP contribution in [-0.4, -0.2) is 43.0 Å². The van der Waals surface area contributed by atoms with Gasteiger partial charge in [-0.3, -0.25) is 4.90 Å². The number of ether oxygens (including phenoxy) is 2. The van der Waals surface area contributed by atoms with Crippen LogP contribution in [0.1, 0.15) is 41.5 Å². The van der Waals surface area contributed by atoms with Crippen LogP contribution in [-0.2, 0) is 9.47 Å². The molecule has 0 aromatic rings. The second kappa shape index (κ2) is 5.28. The largest absolute Gasteiger partial charge is 0.372 e. The fourth-order valence-electron chi connectivity index (χ4n) is 1.02. The fourth-order valence-corrected chi connectivity index (χ4v) is 1.02. The Morgan fingerprint density at radius 2 is 1.40 bits per heavy atom. The first kappa shape index (κ1) is 14.9. The van der Waals surface area contributed by atoms with Gasteiger partial charge < -0.3 is 9.47 Å². The minimum Gasteiger partial charge on any atom is -0.372 e. The number of hydrogen-bond acceptors (Lipinski definition) is 3. The van der Waals surface area contributed by atoms with E-state index in [1.54, 1.807) is 0 Å². The third kappa shape index (κ3) is 8.85. The lowest BCUT2D eigenvalue weighted by Gasteiger charge is -2.33. The Balaban J connectivity index is 4.18. The van der Waals surface area contributed by atoms with E-state index in [9.17, 15) is 0 Å². The molecule has 3 nitrogen and oxygen atoms in total. The molecule has 0 amide bonds. The Hall–Kier alpha value is -0.120. The monoisotopic (exact) mass is 217 g/mol. The Kier molecular flexibility index (Phi) is 5.24. The summed E-state index contributed by atoms with van der Waals surface area (Å²) in [5.74, 6) is 0. The lowest BCUT2D eigenvalue weighted by molar-refractivity contribution is -0.165. The summed E-state index contributed by atoms with van der Waals surface area (Å²) in [5, 5.41) is 0. The highest BCUT2D eigenvalue weighted by Crippen LogP contribution is 2.15. The van der Waals surface area contributed by atoms with Crippen molar-refractivity contribution in [2.75, 3.05) is 20.7 Å². The molecule has 0 rings (SSSR count). The van der Waals surface area contributed by atoms with Crippen molar-refractivity contribution in [2.24, 2.45) is 0 Å². The van der Waals surface area contributed by atoms with Crippen molar-refractivity contribution in [2.45, 2.75) is 59.0 Å². The normalized spacial score (nSPS) is 15.8. The van der Waals surface area contributed by atoms with Crippen LogP contribution in [0.2, 0.25) is 0 Å². The van der Waals surface area contributed by atoms with Crippen molar-refractivity contribution in [1.29, 1.82) is 0 Å². The Morgan fingerprint density at radius 1 is 0.933 bits per heavy atom. The Morgan fingerprint density at radius 3 is 1.67 bits per heavy atom. The van der Waals surface area contributed by atoms with Crippen LogP contribution in [0.15, 0.2) is 0 Å². The molecule has 0 saturated carbocycles. The zero-order valence-corrected chi connectivity index (χ0v) is 11.5. The molecule has 0 radical (unpaired) electrons. The lowest BCUT2D eigenvalue weighted by Crippen LogP contribution is -2.42. The van der Waals surface area contributed by atoms with Gasteiger partial charge in [0.25, 0.3) is 0 Å². The van der Waals surface area contributed by atoms with E-state index in [-0.39, 0.29) is 17.4 Å². The van der Waals surface area contributed by atoms with E-state index in [0.717, 1.165) is 0 Å². The van der Waals surface area contributed by atoms with Crippen molar-refractivity contribution in [3.63, 3.8) is 0 Å². The second-order valence-corrected chi connectivity index (χ2v) is 6.07. The van der Waals surface area contributed by atoms with E-state index in [4.69, 9.17) is 9.47 Å². The Bertz CT molecular complexity index is 177. The predicted octanol–water partition coefficient (Wildman–Crippen LogP) is 2.50. The molecular formula is C12H27NO2. The average Bonchev–Trinajstić information content (AvgIpc) is 1.93. The average molecular weight is 217 g/mol. The summed E-state index contributed by atoms with van der Waals surface area (Å²) in [7, 11) is 4.00. The van der Waals surface area contributed by atoms with Crippen LogP contribution in [0.4, 0.5) is 0 Å². The molecule has 0 fully saturated rings. The molecule has 0 N–H and O–H groups in total. The van der Waals surface area contributed by atoms with E-state index in [1.165, 1.54) is 0 Å². The molecule has 0 saturated heterocycles. The number of hydrogen-bond donors (Lipinski definition) is 0. The molecular weight excluding hydrogens is 190 g/mol. The molecule has 1 atom stereocenters. The summed E-state index contributed by atoms with van der Waals surface area (Å²) >= 11 is 0. The zero-order chi connectivity index (χ0) is 12.3. The summed E-state index contributed by atoms with van der Waals surface area (Å²) in [6.07, 6.45) is 0.00391. The molecule has 0 aliphatic heterocycles. The van der Waals surface area contributed by atoms with Gasteiger partial charge in [-0.05, 0) is 55.6 Å². The number of rotatable bonds is 4. The van der Waals surface area contributed by atoms with Gasteiger partial charge in [-0.1, -0.05) is 0 Å². The first-order valence-electron chi connectivity index (χ1n) is 5.49. The molecule has 15 heavy (non-hydrogen) atoms. The quantitative estimate of drug-likeness (QED) is 0.675. The predicted molar refractivity (Wildman–Crippen MR) is 64.0 cm³/mol. The van der Waals surface area contributed by atoms with E-state index in [1.807, 2.05) is 19.0 Å². The topological polar surface area (TPSA) is 21.7 Å². The Labute approximate surface area is 94.7 Å². The van der Waals surface area contributed by atoms with Gasteiger partial charge in [0.1, 0.15) is 6.23 Å². The SMILES string of the molecule is CN(C)C(COC(C)(C)C)OC(C)(C)C. The highest BCUT2D eigenvalue weighted by molar-refractivity contribution is 4.66. The molecule has 0 aliphatic carbocycles. The van der Waals surface area contributed by atoms with Crippen LogP contribution < -0.4 is 0 Å². The van der Waals surface area contributed by atoms with E-state index in [0.29, 0.717) is 6.61 Å². The van der Waals surface area contributed by atoms with Gasteiger partial charge in [-0.15, -0.1) is 0 Å². The standard InChI is InChI=1S/C12H27NO2/c1-11(2,3)14-9-10(13(7)8)15-12(4,5)6/h10H,9H2,1-8H3. The first-order chi connectivity index (χ1) is 6.51. The summed E-state index contributed by atoms with van der Waals surface area (Å²) in [6.45, 7) is 12.9. The maximum Gasteiger partial charge on any atom is 0.134 e. The number of nitrogens with zero attached hydrogens (tertiary/aromatic N) is 1. The van der Waals surface area contributed by atoms with Crippen molar-refractivity contribution < 1.29 is 9.47 Å². The highest BCUT2D eigenvalue weighted by Gasteiger charge is 2.22. The van der Waals surface area contributed by atoms with Gasteiger partial charge in [0, 0.05) is 0 Å². The van der Waals surface area contributed by atoms with Gasteiger partial charge in [-0.25, -0.2) is 0 Å². The summed E-state index contributed by atoms with van der Waals surface area (Å²) in [5.41, 5.74) is -0.258. The van der Waals surface area contributed by atoms with Crippen molar-refractivity contribution >= 4 is 0 Å².